The smallest absolute Gasteiger partial charge is 0.470 e. The van der Waals surface area contributed by atoms with Crippen LogP contribution in [0.3, 0.4) is 0 Å². The quantitative estimate of drug-likeness (QED) is 0.0154. The zero-order valence-corrected chi connectivity index (χ0v) is 67.8. The number of ether oxygens (including phenoxy) is 7. The molecule has 0 aromatic carbocycles. The lowest BCUT2D eigenvalue weighted by Gasteiger charge is -2.48. The molecule has 110 heavy (non-hydrogen) atoms. The number of rotatable bonds is 65. The summed E-state index contributed by atoms with van der Waals surface area (Å²) < 4.78 is 77.3. The Morgan fingerprint density at radius 1 is 0.455 bits per heavy atom. The zero-order chi connectivity index (χ0) is 81.5. The third-order valence-corrected chi connectivity index (χ3v) is 21.6. The Morgan fingerprint density at radius 2 is 0.818 bits per heavy atom. The van der Waals surface area contributed by atoms with Gasteiger partial charge >= 0.3 is 33.6 Å². The Balaban J connectivity index is 2.17. The van der Waals surface area contributed by atoms with Crippen LogP contribution in [0.2, 0.25) is 0 Å². The lowest BCUT2D eigenvalue weighted by atomic mass is 9.92. The first-order valence-electron chi connectivity index (χ1n) is 41.4. The van der Waals surface area contributed by atoms with Crippen LogP contribution >= 0.6 is 15.6 Å². The van der Waals surface area contributed by atoms with Crippen molar-refractivity contribution in [3.8, 4) is 0 Å². The first-order chi connectivity index (χ1) is 52.4. The van der Waals surface area contributed by atoms with E-state index in [4.69, 9.17) is 42.2 Å². The summed E-state index contributed by atoms with van der Waals surface area (Å²) in [5.41, 5.74) is 0. The topological polar surface area (TPSA) is 510 Å². The van der Waals surface area contributed by atoms with E-state index < -0.39 is 213 Å². The Hall–Kier alpha value is -2.99. The summed E-state index contributed by atoms with van der Waals surface area (Å²) in [6.07, 6.45) is -0.0898. The molecule has 646 valence electrons. The maximum atomic E-state index is 14.5. The summed E-state index contributed by atoms with van der Waals surface area (Å²) in [4.78, 5) is 111. The van der Waals surface area contributed by atoms with Gasteiger partial charge in [-0.3, -0.25) is 28.2 Å². The van der Waals surface area contributed by atoms with Crippen LogP contribution in [0.4, 0.5) is 0 Å². The van der Waals surface area contributed by atoms with Crippen molar-refractivity contribution in [2.24, 2.45) is 0 Å². The number of esters is 2. The highest BCUT2D eigenvalue weighted by Gasteiger charge is 2.59. The van der Waals surface area contributed by atoms with Crippen molar-refractivity contribution in [3.05, 3.63) is 0 Å². The van der Waals surface area contributed by atoms with Gasteiger partial charge in [-0.2, -0.15) is 0 Å². The molecule has 3 fully saturated rings. The van der Waals surface area contributed by atoms with Gasteiger partial charge in [0.2, 0.25) is 11.8 Å². The molecule has 3 heterocycles. The number of aliphatic hydroxyl groups excluding tert-OH is 9. The van der Waals surface area contributed by atoms with E-state index in [9.17, 15) is 104 Å². The molecule has 0 aromatic heterocycles. The minimum absolute atomic E-state index is 0.0721. The number of hydrogen-bond acceptors (Lipinski definition) is 25. The molecule has 0 spiro atoms. The van der Waals surface area contributed by atoms with E-state index in [1.807, 2.05) is 0 Å². The molecule has 2 amide bonds. The van der Waals surface area contributed by atoms with Crippen molar-refractivity contribution in [2.45, 2.75) is 433 Å². The van der Waals surface area contributed by atoms with Gasteiger partial charge in [0.15, 0.2) is 24.8 Å². The summed E-state index contributed by atoms with van der Waals surface area (Å²) in [6.45, 7) is 4.83. The van der Waals surface area contributed by atoms with Crippen molar-refractivity contribution in [2.75, 3.05) is 19.8 Å². The van der Waals surface area contributed by atoms with Crippen LogP contribution in [0, 0.1) is 0 Å². The van der Waals surface area contributed by atoms with Gasteiger partial charge in [-0.15, -0.1) is 0 Å². The number of hydrogen-bond donors (Lipinski definition) is 16. The first kappa shape index (κ1) is 101. The molecule has 16 N–H and O–H groups in total. The monoisotopic (exact) mass is 1620 g/mol. The average Bonchev–Trinajstić information content (AvgIpc) is 0.783. The Morgan fingerprint density at radius 3 is 1.19 bits per heavy atom. The largest absolute Gasteiger partial charge is 0.477 e. The van der Waals surface area contributed by atoms with Crippen LogP contribution in [0.5, 0.6) is 0 Å². The van der Waals surface area contributed by atoms with Crippen molar-refractivity contribution < 1.29 is 146 Å². The van der Waals surface area contributed by atoms with Crippen LogP contribution in [0.1, 0.15) is 317 Å². The van der Waals surface area contributed by atoms with E-state index in [0.29, 0.717) is 38.5 Å². The number of aliphatic carboxylic acids is 1. The van der Waals surface area contributed by atoms with Gasteiger partial charge in [0.25, 0.3) is 5.79 Å². The Bertz CT molecular complexity index is 2580. The van der Waals surface area contributed by atoms with E-state index in [2.05, 4.69) is 38.3 Å². The molecule has 32 nitrogen and oxygen atoms in total. The fraction of sp³-hybridized carbons (Fsp3) is 0.934. The zero-order valence-electron chi connectivity index (χ0n) is 66.0. The molecule has 0 bridgehead atoms. The molecule has 0 unspecified atom stereocenters. The van der Waals surface area contributed by atoms with Crippen molar-refractivity contribution >= 4 is 45.4 Å². The molecule has 34 heteroatoms. The molecular weight excluding hydrogens is 1480 g/mol. The number of nitrogens with one attached hydrogen (secondary N) is 2. The van der Waals surface area contributed by atoms with Crippen molar-refractivity contribution in [1.82, 2.24) is 10.6 Å². The second-order valence-electron chi connectivity index (χ2n) is 30.5. The molecule has 3 rings (SSSR count). The van der Waals surface area contributed by atoms with Gasteiger partial charge in [0.1, 0.15) is 60.9 Å². The lowest BCUT2D eigenvalue weighted by Crippen LogP contribution is -2.68. The Labute approximate surface area is 651 Å². The average molecular weight is 1630 g/mol. The van der Waals surface area contributed by atoms with Crippen molar-refractivity contribution in [1.29, 1.82) is 0 Å². The molecule has 3 aliphatic rings. The van der Waals surface area contributed by atoms with Crippen LogP contribution in [-0.2, 0) is 75.3 Å². The van der Waals surface area contributed by atoms with Crippen LogP contribution in [0.15, 0.2) is 0 Å². The minimum Gasteiger partial charge on any atom is -0.477 e. The van der Waals surface area contributed by atoms with Gasteiger partial charge in [-0.25, -0.2) is 13.9 Å². The van der Waals surface area contributed by atoms with Gasteiger partial charge in [-0.05, 0) is 25.7 Å². The highest BCUT2D eigenvalue weighted by Crippen LogP contribution is 2.46. The first-order valence-corrected chi connectivity index (χ1v) is 44.5. The molecule has 0 radical (unpaired) electrons. The van der Waals surface area contributed by atoms with Crippen LogP contribution in [-0.4, -0.2) is 236 Å². The SMILES string of the molecule is CCCCCCCCCCC[C@@H](O)CC(=O)N[C@@H]1[C@@H](OC(=O)C[C@H](O)CCCCCCCCCCC)[C@H](O)[C@@H](CO[C@@H]2O[C@H](CO[C@]3(C(=O)O)C[C@@H](OP(=O)(O)O)[C@@H](O)[C@@H]([C@H](O)CO)O3)[C@@H](OP(=O)(O)O)[C@H](OC(=O)C[C@H](O)CCCCCCCCCCC)[C@H]2NC(=O)C[C@H](O)CCCCCCCCCCC)O[C@@H]1O. The maximum absolute atomic E-state index is 14.5. The fourth-order valence-corrected chi connectivity index (χ4v) is 15.4. The molecule has 3 saturated heterocycles. The Kier molecular flexibility index (Phi) is 52.6. The van der Waals surface area contributed by atoms with Gasteiger partial charge < -0.3 is 114 Å². The van der Waals surface area contributed by atoms with Crippen molar-refractivity contribution in [3.63, 3.8) is 0 Å². The van der Waals surface area contributed by atoms with Gasteiger partial charge in [-0.1, -0.05) is 259 Å². The number of carbonyl (C=O) groups is 5. The summed E-state index contributed by atoms with van der Waals surface area (Å²) in [5, 5.41) is 117. The normalized spacial score (nSPS) is 26.0. The summed E-state index contributed by atoms with van der Waals surface area (Å²) in [6, 6.07) is -3.85. The maximum Gasteiger partial charge on any atom is 0.470 e. The lowest BCUT2D eigenvalue weighted by molar-refractivity contribution is -0.340. The fourth-order valence-electron chi connectivity index (χ4n) is 14.3. The van der Waals surface area contributed by atoms with E-state index in [0.717, 1.165) is 186 Å². The standard InChI is InChI=1S/C76H142N2O30P2/c1-5-9-13-17-21-25-29-33-37-41-53(80)45-61(85)77-65-71(104-63(87)47-55(82)43-39-35-31-27-23-19-15-11-7-3)68(90)59(102-73(65)91)51-100-74-66(78-62(86)46-54(81)42-38-34-30-26-22-18-14-10-6-2)72(105-64(88)48-56(83)44-40-36-32-28-24-20-16-12-8-4)70(108-110(97,98)99)60(103-74)52-101-76(75(92)93)49-58(107-109(94,95)96)67(89)69(106-76)57(84)50-79/h53-60,65-74,79-84,89-91H,5-52H2,1-4H3,(H,77,85)(H,78,86)(H,92,93)(H2,94,95,96)(H2,97,98,99)/t53-,54-,55-,56-,57-,58-,59-,60-,65-,66-,67-,68-,69-,70-,71-,72-,73+,74-,76-/m1/s1. The number of phosphoric acid groups is 2. The van der Waals surface area contributed by atoms with Crippen LogP contribution in [0.25, 0.3) is 0 Å². The number of phosphoric ester groups is 2. The highest BCUT2D eigenvalue weighted by molar-refractivity contribution is 7.46. The van der Waals surface area contributed by atoms with E-state index in [1.165, 1.54) is 6.42 Å². The number of aliphatic hydroxyl groups is 9. The minimum atomic E-state index is -5.94. The molecular formula is C76H142N2O30P2. The molecule has 19 atom stereocenters. The number of carboxylic acids is 1. The molecule has 0 aromatic rings. The van der Waals surface area contributed by atoms with Gasteiger partial charge in [0.05, 0.1) is 69.9 Å². The number of unbranched alkanes of at least 4 members (excludes halogenated alkanes) is 32. The second kappa shape index (κ2) is 57.2. The van der Waals surface area contributed by atoms with Crippen LogP contribution < -0.4 is 10.6 Å². The van der Waals surface area contributed by atoms with E-state index in [1.54, 1.807) is 0 Å². The third-order valence-electron chi connectivity index (χ3n) is 20.6. The predicted octanol–water partition coefficient (Wildman–Crippen LogP) is 8.54. The predicted molar refractivity (Wildman–Crippen MR) is 404 cm³/mol. The summed E-state index contributed by atoms with van der Waals surface area (Å²) in [5.74, 6) is -9.71. The number of carbonyl (C=O) groups excluding carboxylic acids is 4. The molecule has 0 saturated carbocycles. The summed E-state index contributed by atoms with van der Waals surface area (Å²) in [7, 11) is -11.6. The second-order valence-corrected chi connectivity index (χ2v) is 32.9. The van der Waals surface area contributed by atoms with Gasteiger partial charge in [0, 0.05) is 6.42 Å². The number of carboxylic acid groups (broad SMARTS) is 1. The highest BCUT2D eigenvalue weighted by atomic mass is 31.2. The molecule has 3 aliphatic heterocycles. The van der Waals surface area contributed by atoms with E-state index in [-0.39, 0.29) is 25.7 Å². The van der Waals surface area contributed by atoms with E-state index >= 15 is 0 Å². The number of amides is 2. The summed E-state index contributed by atoms with van der Waals surface area (Å²) >= 11 is 0. The molecule has 0 aliphatic carbocycles. The third kappa shape index (κ3) is 42.2.